The highest BCUT2D eigenvalue weighted by Gasteiger charge is 2.47. The summed E-state index contributed by atoms with van der Waals surface area (Å²) in [5, 5.41) is 6.11. The van der Waals surface area contributed by atoms with E-state index in [1.165, 1.54) is 0 Å². The van der Waals surface area contributed by atoms with Crippen LogP contribution >= 0.6 is 11.6 Å². The van der Waals surface area contributed by atoms with Crippen LogP contribution in [0, 0.1) is 0 Å². The quantitative estimate of drug-likeness (QED) is 0.636. The summed E-state index contributed by atoms with van der Waals surface area (Å²) in [6, 6.07) is 13.4. The Kier molecular flexibility index (Phi) is 4.42. The van der Waals surface area contributed by atoms with Crippen molar-refractivity contribution < 1.29 is 4.79 Å². The van der Waals surface area contributed by atoms with Crippen LogP contribution in [0.4, 0.5) is 22.0 Å². The van der Waals surface area contributed by atoms with E-state index in [1.807, 2.05) is 36.5 Å². The highest BCUT2D eigenvalue weighted by molar-refractivity contribution is 6.33. The number of nitrogens with zero attached hydrogens (tertiary/aromatic N) is 3. The molecule has 0 spiro atoms. The number of para-hydroxylation sites is 1. The first-order valence-electron chi connectivity index (χ1n) is 9.92. The summed E-state index contributed by atoms with van der Waals surface area (Å²) in [6.45, 7) is 4.25. The minimum atomic E-state index is -0.413. The molecule has 1 aromatic heterocycles. The highest BCUT2D eigenvalue weighted by Crippen LogP contribution is 2.47. The molecule has 2 amide bonds. The summed E-state index contributed by atoms with van der Waals surface area (Å²) >= 11 is 6.52. The van der Waals surface area contributed by atoms with E-state index in [0.717, 1.165) is 66.1 Å². The van der Waals surface area contributed by atoms with Crippen LogP contribution in [0.15, 0.2) is 48.7 Å². The Morgan fingerprint density at radius 1 is 1.14 bits per heavy atom. The number of halogens is 1. The minimum Gasteiger partial charge on any atom is -0.354 e. The fourth-order valence-corrected chi connectivity index (χ4v) is 4.97. The van der Waals surface area contributed by atoms with Gasteiger partial charge in [-0.25, -0.2) is 9.78 Å². The van der Waals surface area contributed by atoms with E-state index >= 15 is 0 Å². The zero-order valence-electron chi connectivity index (χ0n) is 16.1. The van der Waals surface area contributed by atoms with Gasteiger partial charge in [-0.3, -0.25) is 0 Å². The summed E-state index contributed by atoms with van der Waals surface area (Å²) in [7, 11) is 0. The predicted molar refractivity (Wildman–Crippen MR) is 118 cm³/mol. The molecule has 2 aromatic carbocycles. The van der Waals surface area contributed by atoms with Gasteiger partial charge in [0.05, 0.1) is 0 Å². The molecule has 6 nitrogen and oxygen atoms in total. The third-order valence-electron chi connectivity index (χ3n) is 6.13. The number of rotatable bonds is 2. The van der Waals surface area contributed by atoms with Crippen molar-refractivity contribution in [3.63, 3.8) is 0 Å². The Bertz CT molecular complexity index is 1110. The fourth-order valence-electron chi connectivity index (χ4n) is 4.69. The maximum Gasteiger partial charge on any atom is 0.424 e. The lowest BCUT2D eigenvalue weighted by Gasteiger charge is -2.31. The molecule has 1 atom stereocenters. The van der Waals surface area contributed by atoms with Crippen molar-refractivity contribution in [2.45, 2.75) is 6.42 Å². The van der Waals surface area contributed by atoms with Crippen molar-refractivity contribution in [1.29, 1.82) is 0 Å². The van der Waals surface area contributed by atoms with Gasteiger partial charge in [0.2, 0.25) is 0 Å². The second kappa shape index (κ2) is 6.99. The number of nitrogens with one attached hydrogen (secondary N) is 1. The zero-order chi connectivity index (χ0) is 20.0. The van der Waals surface area contributed by atoms with Crippen LogP contribution in [0.2, 0.25) is 5.02 Å². The standard InChI is InChI=1S/C22H22ClN5O/c23-18-3-1-2-4-19(18)28(22(24)29)12-6-16-13-15-5-7-26-21(17(15)14-20(16)28)27-10-8-25-9-11-27/h1-5,7,13-14,25H,6,8-12H2,(H-,24,29)/p+1. The zero-order valence-corrected chi connectivity index (χ0v) is 16.8. The van der Waals surface area contributed by atoms with Crippen molar-refractivity contribution in [3.8, 4) is 0 Å². The summed E-state index contributed by atoms with van der Waals surface area (Å²) < 4.78 is -0.0547. The number of piperazine rings is 1. The molecule has 3 aromatic rings. The number of primary amides is 1. The molecule has 1 saturated heterocycles. The lowest BCUT2D eigenvalue weighted by Crippen LogP contribution is -2.51. The molecule has 0 radical (unpaired) electrons. The molecule has 3 N–H and O–H groups in total. The van der Waals surface area contributed by atoms with E-state index in [0.29, 0.717) is 11.6 Å². The summed E-state index contributed by atoms with van der Waals surface area (Å²) in [4.78, 5) is 19.9. The smallest absolute Gasteiger partial charge is 0.354 e. The predicted octanol–water partition coefficient (Wildman–Crippen LogP) is 3.57. The van der Waals surface area contributed by atoms with Crippen LogP contribution in [0.3, 0.4) is 0 Å². The maximum absolute atomic E-state index is 12.9. The van der Waals surface area contributed by atoms with Crippen molar-refractivity contribution in [1.82, 2.24) is 14.8 Å². The van der Waals surface area contributed by atoms with Gasteiger partial charge in [0.15, 0.2) is 11.4 Å². The third-order valence-corrected chi connectivity index (χ3v) is 6.45. The van der Waals surface area contributed by atoms with Crippen molar-refractivity contribution >= 4 is 45.6 Å². The average molecular weight is 409 g/mol. The first-order chi connectivity index (χ1) is 14.1. The van der Waals surface area contributed by atoms with Gasteiger partial charge >= 0.3 is 6.03 Å². The molecule has 1 fully saturated rings. The Morgan fingerprint density at radius 2 is 1.93 bits per heavy atom. The van der Waals surface area contributed by atoms with Crippen LogP contribution in [0.1, 0.15) is 5.56 Å². The fraction of sp³-hybridized carbons (Fsp3) is 0.273. The third kappa shape index (κ3) is 2.79. The normalized spacial score (nSPS) is 21.3. The number of carbonyl (C=O) groups excluding carboxylic acids is 1. The SMILES string of the molecule is NC(=O)[N+]1(c2ccccc2Cl)CCc2cc3ccnc(N4CCNCC4)c3cc21. The van der Waals surface area contributed by atoms with E-state index in [2.05, 4.69) is 27.3 Å². The first kappa shape index (κ1) is 18.4. The lowest BCUT2D eigenvalue weighted by molar-refractivity contribution is 0.229. The number of quaternary nitrogens is 1. The van der Waals surface area contributed by atoms with Crippen molar-refractivity contribution in [2.24, 2.45) is 5.73 Å². The van der Waals surface area contributed by atoms with E-state index < -0.39 is 6.03 Å². The van der Waals surface area contributed by atoms with Crippen molar-refractivity contribution in [2.75, 3.05) is 37.6 Å². The lowest BCUT2D eigenvalue weighted by atomic mass is 10.0. The van der Waals surface area contributed by atoms with Gasteiger partial charge < -0.3 is 16.0 Å². The molecule has 29 heavy (non-hydrogen) atoms. The molecular weight excluding hydrogens is 386 g/mol. The monoisotopic (exact) mass is 408 g/mol. The molecule has 2 aliphatic rings. The maximum atomic E-state index is 12.9. The Labute approximate surface area is 174 Å². The Hall–Kier alpha value is -2.67. The van der Waals surface area contributed by atoms with Crippen LogP contribution in [0.25, 0.3) is 10.8 Å². The van der Waals surface area contributed by atoms with Crippen LogP contribution in [-0.2, 0) is 6.42 Å². The van der Waals surface area contributed by atoms with E-state index in [4.69, 9.17) is 17.3 Å². The highest BCUT2D eigenvalue weighted by atomic mass is 35.5. The number of amides is 2. The molecule has 1 unspecified atom stereocenters. The van der Waals surface area contributed by atoms with E-state index in [9.17, 15) is 4.79 Å². The van der Waals surface area contributed by atoms with Gasteiger partial charge in [0.25, 0.3) is 0 Å². The second-order valence-corrected chi connectivity index (χ2v) is 8.05. The molecule has 0 saturated carbocycles. The molecule has 0 bridgehead atoms. The Morgan fingerprint density at radius 3 is 2.69 bits per heavy atom. The summed E-state index contributed by atoms with van der Waals surface area (Å²) in [5.74, 6) is 0.959. The summed E-state index contributed by atoms with van der Waals surface area (Å²) in [6.07, 6.45) is 2.63. The number of aromatic nitrogens is 1. The number of benzene rings is 2. The number of pyridine rings is 1. The van der Waals surface area contributed by atoms with Gasteiger partial charge in [0, 0.05) is 61.9 Å². The van der Waals surface area contributed by atoms with Gasteiger partial charge in [-0.2, -0.15) is 4.48 Å². The number of nitrogens with two attached hydrogens (primary N) is 1. The molecule has 7 heteroatoms. The topological polar surface area (TPSA) is 71.2 Å². The van der Waals surface area contributed by atoms with Crippen LogP contribution in [-0.4, -0.2) is 43.7 Å². The second-order valence-electron chi connectivity index (χ2n) is 7.65. The number of hydrogen-bond acceptors (Lipinski definition) is 4. The largest absolute Gasteiger partial charge is 0.424 e. The summed E-state index contributed by atoms with van der Waals surface area (Å²) in [5.41, 5.74) is 8.78. The molecule has 5 rings (SSSR count). The van der Waals surface area contributed by atoms with Gasteiger partial charge in [-0.05, 0) is 23.6 Å². The number of carbonyl (C=O) groups is 1. The molecular formula is C22H23ClN5O+. The van der Waals surface area contributed by atoms with Gasteiger partial charge in [-0.15, -0.1) is 0 Å². The van der Waals surface area contributed by atoms with Crippen LogP contribution < -0.4 is 20.4 Å². The number of hydrogen-bond donors (Lipinski definition) is 2. The van der Waals surface area contributed by atoms with Gasteiger partial charge in [-0.1, -0.05) is 23.7 Å². The molecule has 0 aliphatic carbocycles. The average Bonchev–Trinajstić information content (AvgIpc) is 3.12. The molecule has 148 valence electrons. The Balaban J connectivity index is 1.74. The van der Waals surface area contributed by atoms with E-state index in [1.54, 1.807) is 0 Å². The van der Waals surface area contributed by atoms with E-state index in [-0.39, 0.29) is 4.48 Å². The van der Waals surface area contributed by atoms with Crippen molar-refractivity contribution in [3.05, 3.63) is 59.2 Å². The number of urea groups is 1. The van der Waals surface area contributed by atoms with Gasteiger partial charge in [0.1, 0.15) is 17.4 Å². The molecule has 2 aliphatic heterocycles. The number of anilines is 1. The first-order valence-corrected chi connectivity index (χ1v) is 10.3. The van der Waals surface area contributed by atoms with Crippen LogP contribution in [0.5, 0.6) is 0 Å². The number of fused-ring (bicyclic) bond motifs is 2. The minimum absolute atomic E-state index is 0.0547. The molecule has 3 heterocycles.